The Labute approximate surface area is 330 Å². The van der Waals surface area contributed by atoms with Crippen molar-refractivity contribution < 1.29 is 37.1 Å². The molecule has 1 aromatic heterocycles. The van der Waals surface area contributed by atoms with Gasteiger partial charge in [-0.3, -0.25) is 24.2 Å². The Morgan fingerprint density at radius 2 is 1.28 bits per heavy atom. The fraction of sp³-hybridized carbons (Fsp3) is 0.357. The van der Waals surface area contributed by atoms with Gasteiger partial charge >= 0.3 is 6.18 Å². The number of nitrogens with two attached hydrogens (primary N) is 2. The van der Waals surface area contributed by atoms with Gasteiger partial charge in [-0.05, 0) is 104 Å². The van der Waals surface area contributed by atoms with E-state index in [1.807, 2.05) is 30.3 Å². The molecule has 0 radical (unpaired) electrons. The second-order valence-corrected chi connectivity index (χ2v) is 13.5. The first-order valence-corrected chi connectivity index (χ1v) is 18.9. The number of benzene rings is 3. The van der Waals surface area contributed by atoms with E-state index >= 15 is 0 Å². The monoisotopic (exact) mass is 789 g/mol. The SMILES string of the molecule is NCCCC[C@H](NC(=O)Cc1ccccc1)C(=O)N[C@@H](CCCCN)C(=O)N[C@H](C(=O)NCc1cccnc1)c1ccc(OCc2ccc(C(F)(F)F)cc2)cc1. The highest BCUT2D eigenvalue weighted by Gasteiger charge is 2.31. The third kappa shape index (κ3) is 15.0. The summed E-state index contributed by atoms with van der Waals surface area (Å²) in [4.78, 5) is 58.7. The van der Waals surface area contributed by atoms with Crippen LogP contribution in [0.4, 0.5) is 13.2 Å². The molecule has 3 atom stereocenters. The van der Waals surface area contributed by atoms with E-state index in [9.17, 15) is 32.3 Å². The molecule has 4 amide bonds. The first-order valence-electron chi connectivity index (χ1n) is 18.9. The van der Waals surface area contributed by atoms with E-state index in [0.29, 0.717) is 62.1 Å². The zero-order chi connectivity index (χ0) is 41.0. The normalized spacial score (nSPS) is 12.8. The summed E-state index contributed by atoms with van der Waals surface area (Å²) in [7, 11) is 0. The minimum atomic E-state index is -4.45. The van der Waals surface area contributed by atoms with Gasteiger partial charge in [0, 0.05) is 18.9 Å². The van der Waals surface area contributed by atoms with Crippen LogP contribution in [0.5, 0.6) is 5.75 Å². The van der Waals surface area contributed by atoms with Crippen molar-refractivity contribution in [1.29, 1.82) is 0 Å². The van der Waals surface area contributed by atoms with Crippen LogP contribution in [-0.4, -0.2) is 53.8 Å². The largest absolute Gasteiger partial charge is 0.489 e. The Morgan fingerprint density at radius 3 is 1.88 bits per heavy atom. The van der Waals surface area contributed by atoms with Crippen LogP contribution in [0.1, 0.15) is 72.4 Å². The van der Waals surface area contributed by atoms with Crippen LogP contribution in [-0.2, 0) is 44.9 Å². The van der Waals surface area contributed by atoms with Gasteiger partial charge in [-0.2, -0.15) is 13.2 Å². The number of nitrogens with zero attached hydrogens (tertiary/aromatic N) is 1. The lowest BCUT2D eigenvalue weighted by Crippen LogP contribution is -2.55. The van der Waals surface area contributed by atoms with Gasteiger partial charge in [-0.25, -0.2) is 0 Å². The van der Waals surface area contributed by atoms with E-state index in [1.54, 1.807) is 48.8 Å². The van der Waals surface area contributed by atoms with Crippen LogP contribution < -0.4 is 37.5 Å². The van der Waals surface area contributed by atoms with E-state index < -0.39 is 47.6 Å². The summed E-state index contributed by atoms with van der Waals surface area (Å²) in [5.74, 6) is -1.68. The fourth-order valence-corrected chi connectivity index (χ4v) is 5.87. The lowest BCUT2D eigenvalue weighted by Gasteiger charge is -2.26. The lowest BCUT2D eigenvalue weighted by atomic mass is 10.0. The second kappa shape index (κ2) is 22.7. The fourth-order valence-electron chi connectivity index (χ4n) is 5.87. The third-order valence-corrected chi connectivity index (χ3v) is 9.02. The summed E-state index contributed by atoms with van der Waals surface area (Å²) >= 11 is 0. The number of rotatable bonds is 22. The number of aromatic nitrogens is 1. The number of carbonyl (C=O) groups is 4. The molecule has 0 spiro atoms. The summed E-state index contributed by atoms with van der Waals surface area (Å²) in [5.41, 5.74) is 13.1. The van der Waals surface area contributed by atoms with Gasteiger partial charge in [0.2, 0.25) is 23.6 Å². The summed E-state index contributed by atoms with van der Waals surface area (Å²) in [6.45, 7) is 0.893. The number of hydrogen-bond acceptors (Lipinski definition) is 8. The molecule has 4 aromatic rings. The molecule has 0 bridgehead atoms. The number of alkyl halides is 3. The highest BCUT2D eigenvalue weighted by molar-refractivity contribution is 5.94. The quantitative estimate of drug-likeness (QED) is 0.0622. The maximum atomic E-state index is 14.0. The number of carbonyl (C=O) groups excluding carboxylic acids is 4. The average Bonchev–Trinajstić information content (AvgIpc) is 3.21. The molecule has 0 saturated carbocycles. The molecule has 8 N–H and O–H groups in total. The smallest absolute Gasteiger partial charge is 0.416 e. The molecule has 0 saturated heterocycles. The minimum Gasteiger partial charge on any atom is -0.489 e. The number of hydrogen-bond donors (Lipinski definition) is 6. The van der Waals surface area contributed by atoms with Crippen LogP contribution in [0, 0.1) is 0 Å². The predicted octanol–water partition coefficient (Wildman–Crippen LogP) is 4.62. The first kappa shape index (κ1) is 43.9. The van der Waals surface area contributed by atoms with Crippen molar-refractivity contribution in [1.82, 2.24) is 26.3 Å². The summed E-state index contributed by atoms with van der Waals surface area (Å²) in [5, 5.41) is 11.3. The van der Waals surface area contributed by atoms with Crippen LogP contribution in [0.15, 0.2) is 103 Å². The van der Waals surface area contributed by atoms with Gasteiger partial charge in [0.05, 0.1) is 12.0 Å². The van der Waals surface area contributed by atoms with E-state index in [1.165, 1.54) is 12.1 Å². The van der Waals surface area contributed by atoms with Crippen molar-refractivity contribution in [3.05, 3.63) is 131 Å². The van der Waals surface area contributed by atoms with Crippen LogP contribution in [0.2, 0.25) is 0 Å². The molecule has 0 aliphatic carbocycles. The maximum absolute atomic E-state index is 14.0. The highest BCUT2D eigenvalue weighted by Crippen LogP contribution is 2.29. The number of nitrogens with one attached hydrogen (secondary N) is 4. The standard InChI is InChI=1S/C42H50F3N7O5/c43-42(44,45)33-18-14-30(15-19-33)28-57-34-20-16-32(17-21-34)38(41(56)49-27-31-11-8-24-48-26-31)52-40(55)36(13-5-7-23-47)51-39(54)35(12-4-6-22-46)50-37(53)25-29-9-2-1-3-10-29/h1-3,8-11,14-21,24,26,35-36,38H,4-7,12-13,22-23,25,27-28,46-47H2,(H,49,56)(H,50,53)(H,51,54)(H,52,55)/t35-,36-,38-/m0/s1. The Kier molecular flexibility index (Phi) is 17.5. The molecule has 0 aliphatic rings. The Bertz CT molecular complexity index is 1850. The highest BCUT2D eigenvalue weighted by atomic mass is 19.4. The third-order valence-electron chi connectivity index (χ3n) is 9.02. The summed E-state index contributed by atoms with van der Waals surface area (Å²) < 4.78 is 44.7. The topological polar surface area (TPSA) is 191 Å². The zero-order valence-electron chi connectivity index (χ0n) is 31.6. The molecule has 15 heteroatoms. The number of amides is 4. The maximum Gasteiger partial charge on any atom is 0.416 e. The average molecular weight is 790 g/mol. The second-order valence-electron chi connectivity index (χ2n) is 13.5. The molecule has 4 rings (SSSR count). The summed E-state index contributed by atoms with van der Waals surface area (Å²) in [6, 6.07) is 20.4. The Balaban J connectivity index is 1.51. The van der Waals surface area contributed by atoms with Crippen molar-refractivity contribution in [3.8, 4) is 5.75 Å². The van der Waals surface area contributed by atoms with Gasteiger partial charge in [0.15, 0.2) is 0 Å². The first-order chi connectivity index (χ1) is 27.5. The van der Waals surface area contributed by atoms with Crippen molar-refractivity contribution >= 4 is 23.6 Å². The van der Waals surface area contributed by atoms with Crippen molar-refractivity contribution in [2.45, 2.75) is 82.4 Å². The molecule has 1 heterocycles. The van der Waals surface area contributed by atoms with Gasteiger partial charge < -0.3 is 37.5 Å². The van der Waals surface area contributed by atoms with Gasteiger partial charge in [0.1, 0.15) is 30.5 Å². The lowest BCUT2D eigenvalue weighted by molar-refractivity contribution is -0.137. The van der Waals surface area contributed by atoms with E-state index in [2.05, 4.69) is 26.3 Å². The molecular weight excluding hydrogens is 740 g/mol. The molecular formula is C42H50F3N7O5. The minimum absolute atomic E-state index is 0.00660. The molecule has 0 aliphatic heterocycles. The van der Waals surface area contributed by atoms with E-state index in [0.717, 1.165) is 23.3 Å². The molecule has 57 heavy (non-hydrogen) atoms. The van der Waals surface area contributed by atoms with Gasteiger partial charge in [-0.1, -0.05) is 60.7 Å². The Hall–Kier alpha value is -5.80. The van der Waals surface area contributed by atoms with Crippen LogP contribution in [0.25, 0.3) is 0 Å². The van der Waals surface area contributed by atoms with Crippen LogP contribution >= 0.6 is 0 Å². The zero-order valence-corrected chi connectivity index (χ0v) is 31.6. The summed E-state index contributed by atoms with van der Waals surface area (Å²) in [6.07, 6.45) is 1.60. The van der Waals surface area contributed by atoms with E-state index in [4.69, 9.17) is 16.2 Å². The number of pyridine rings is 1. The predicted molar refractivity (Wildman–Crippen MR) is 209 cm³/mol. The molecule has 12 nitrogen and oxygen atoms in total. The number of ether oxygens (including phenoxy) is 1. The molecule has 0 fully saturated rings. The van der Waals surface area contributed by atoms with Crippen LogP contribution in [0.3, 0.4) is 0 Å². The number of halogens is 3. The van der Waals surface area contributed by atoms with Gasteiger partial charge in [0.25, 0.3) is 0 Å². The molecule has 0 unspecified atom stereocenters. The molecule has 304 valence electrons. The molecule has 3 aromatic carbocycles. The van der Waals surface area contributed by atoms with E-state index in [-0.39, 0.29) is 31.9 Å². The van der Waals surface area contributed by atoms with Gasteiger partial charge in [-0.15, -0.1) is 0 Å². The van der Waals surface area contributed by atoms with Crippen molar-refractivity contribution in [2.75, 3.05) is 13.1 Å². The number of unbranched alkanes of at least 4 members (excludes halogenated alkanes) is 2. The van der Waals surface area contributed by atoms with Crippen molar-refractivity contribution in [2.24, 2.45) is 11.5 Å². The Morgan fingerprint density at radius 1 is 0.667 bits per heavy atom. The van der Waals surface area contributed by atoms with Crippen molar-refractivity contribution in [3.63, 3.8) is 0 Å².